The van der Waals surface area contributed by atoms with Gasteiger partial charge < -0.3 is 10.2 Å². The molecule has 2 aromatic carbocycles. The lowest BCUT2D eigenvalue weighted by atomic mass is 10.0. The molecule has 0 aliphatic carbocycles. The number of hydrogen-bond donors (Lipinski definition) is 2. The van der Waals surface area contributed by atoms with E-state index in [9.17, 15) is 20.3 Å². The fraction of sp³-hybridized carbons (Fsp3) is 0.158. The molecule has 0 atom stereocenters. The number of non-ortho nitro benzene ring substituents is 1. The summed E-state index contributed by atoms with van der Waals surface area (Å²) < 4.78 is 0. The number of aromatic hydroxyl groups is 2. The first-order chi connectivity index (χ1) is 11.4. The second-order valence-electron chi connectivity index (χ2n) is 5.75. The van der Waals surface area contributed by atoms with Gasteiger partial charge in [0.2, 0.25) is 0 Å². The van der Waals surface area contributed by atoms with E-state index in [0.29, 0.717) is 17.0 Å². The monoisotopic (exact) mass is 325 g/mol. The molecule has 0 radical (unpaired) electrons. The van der Waals surface area contributed by atoms with Gasteiger partial charge in [0.15, 0.2) is 0 Å². The Morgan fingerprint density at radius 3 is 2.29 bits per heavy atom. The average Bonchev–Trinajstić information content (AvgIpc) is 2.51. The Hall–Kier alpha value is -3.08. The average molecular weight is 325 g/mol. The number of nitro benzene ring substituents is 1. The van der Waals surface area contributed by atoms with E-state index < -0.39 is 4.92 Å². The molecule has 5 nitrogen and oxygen atoms in total. The molecule has 24 heavy (non-hydrogen) atoms. The molecule has 124 valence electrons. The van der Waals surface area contributed by atoms with E-state index in [4.69, 9.17) is 0 Å². The summed E-state index contributed by atoms with van der Waals surface area (Å²) in [6, 6.07) is 8.99. The van der Waals surface area contributed by atoms with Crippen molar-refractivity contribution in [3.63, 3.8) is 0 Å². The van der Waals surface area contributed by atoms with Gasteiger partial charge in [-0.25, -0.2) is 0 Å². The highest BCUT2D eigenvalue weighted by Gasteiger charge is 2.07. The molecule has 0 aromatic heterocycles. The zero-order chi connectivity index (χ0) is 17.7. The molecule has 0 heterocycles. The van der Waals surface area contributed by atoms with Crippen LogP contribution in [0.25, 0.3) is 18.2 Å². The van der Waals surface area contributed by atoms with Crippen molar-refractivity contribution in [1.82, 2.24) is 0 Å². The molecule has 5 heteroatoms. The number of benzene rings is 2. The molecule has 2 N–H and O–H groups in total. The lowest BCUT2D eigenvalue weighted by Crippen LogP contribution is -1.87. The van der Waals surface area contributed by atoms with Gasteiger partial charge in [-0.1, -0.05) is 38.2 Å². The molecule has 0 aliphatic heterocycles. The molecular weight excluding hydrogens is 306 g/mol. The maximum atomic E-state index is 10.7. The first kappa shape index (κ1) is 17.3. The van der Waals surface area contributed by atoms with E-state index in [1.165, 1.54) is 18.2 Å². The third-order valence-corrected chi connectivity index (χ3v) is 3.38. The number of nitro groups is 1. The Morgan fingerprint density at radius 1 is 1.04 bits per heavy atom. The van der Waals surface area contributed by atoms with Crippen LogP contribution in [-0.2, 0) is 0 Å². The summed E-state index contributed by atoms with van der Waals surface area (Å²) in [5.41, 5.74) is 2.08. The van der Waals surface area contributed by atoms with E-state index in [1.54, 1.807) is 30.4 Å². The summed E-state index contributed by atoms with van der Waals surface area (Å²) in [5, 5.41) is 30.4. The number of hydrogen-bond acceptors (Lipinski definition) is 4. The highest BCUT2D eigenvalue weighted by Crippen LogP contribution is 2.30. The van der Waals surface area contributed by atoms with Gasteiger partial charge in [0.25, 0.3) is 5.69 Å². The minimum Gasteiger partial charge on any atom is -0.508 e. The second-order valence-corrected chi connectivity index (χ2v) is 5.75. The SMILES string of the molecule is CC(C)C=Cc1c(O)cc(O)cc1C=Cc1ccc([N+](=O)[O-])cc1. The summed E-state index contributed by atoms with van der Waals surface area (Å²) in [7, 11) is 0. The fourth-order valence-electron chi connectivity index (χ4n) is 2.15. The smallest absolute Gasteiger partial charge is 0.269 e. The minimum atomic E-state index is -0.449. The van der Waals surface area contributed by atoms with Crippen molar-refractivity contribution in [2.45, 2.75) is 13.8 Å². The van der Waals surface area contributed by atoms with Gasteiger partial charge in [-0.2, -0.15) is 0 Å². The summed E-state index contributed by atoms with van der Waals surface area (Å²) in [6.45, 7) is 4.06. The number of rotatable bonds is 5. The lowest BCUT2D eigenvalue weighted by molar-refractivity contribution is -0.384. The zero-order valence-corrected chi connectivity index (χ0v) is 13.5. The van der Waals surface area contributed by atoms with Gasteiger partial charge in [0, 0.05) is 23.8 Å². The summed E-state index contributed by atoms with van der Waals surface area (Å²) in [5.74, 6) is 0.289. The Morgan fingerprint density at radius 2 is 1.71 bits per heavy atom. The highest BCUT2D eigenvalue weighted by atomic mass is 16.6. The van der Waals surface area contributed by atoms with Gasteiger partial charge in [0.1, 0.15) is 11.5 Å². The van der Waals surface area contributed by atoms with Crippen molar-refractivity contribution in [2.24, 2.45) is 5.92 Å². The molecule has 2 aromatic rings. The van der Waals surface area contributed by atoms with E-state index in [2.05, 4.69) is 0 Å². The Balaban J connectivity index is 2.35. The molecule has 0 saturated heterocycles. The van der Waals surface area contributed by atoms with E-state index in [1.807, 2.05) is 26.0 Å². The molecule has 0 amide bonds. The number of allylic oxidation sites excluding steroid dienone is 1. The zero-order valence-electron chi connectivity index (χ0n) is 13.5. The predicted octanol–water partition coefficient (Wildman–Crippen LogP) is 4.85. The molecule has 0 unspecified atom stereocenters. The van der Waals surface area contributed by atoms with Crippen LogP contribution in [0.5, 0.6) is 11.5 Å². The number of phenols is 2. The van der Waals surface area contributed by atoms with Gasteiger partial charge >= 0.3 is 0 Å². The predicted molar refractivity (Wildman–Crippen MR) is 95.7 cm³/mol. The third-order valence-electron chi connectivity index (χ3n) is 3.38. The first-order valence-electron chi connectivity index (χ1n) is 7.53. The van der Waals surface area contributed by atoms with Crippen LogP contribution in [0.15, 0.2) is 42.5 Å². The Labute approximate surface area is 140 Å². The van der Waals surface area contributed by atoms with Crippen molar-refractivity contribution >= 4 is 23.9 Å². The Kier molecular flexibility index (Phi) is 5.37. The van der Waals surface area contributed by atoms with Crippen LogP contribution in [0, 0.1) is 16.0 Å². The van der Waals surface area contributed by atoms with Crippen LogP contribution in [0.1, 0.15) is 30.5 Å². The van der Waals surface area contributed by atoms with Crippen molar-refractivity contribution in [2.75, 3.05) is 0 Å². The minimum absolute atomic E-state index is 0.00440. The molecule has 0 bridgehead atoms. The van der Waals surface area contributed by atoms with Crippen LogP contribution in [0.3, 0.4) is 0 Å². The number of nitrogens with zero attached hydrogens (tertiary/aromatic N) is 1. The summed E-state index contributed by atoms with van der Waals surface area (Å²) >= 11 is 0. The van der Waals surface area contributed by atoms with E-state index in [0.717, 1.165) is 5.56 Å². The second kappa shape index (κ2) is 7.46. The quantitative estimate of drug-likeness (QED) is 0.468. The highest BCUT2D eigenvalue weighted by molar-refractivity contribution is 5.78. The lowest BCUT2D eigenvalue weighted by Gasteiger charge is -2.07. The maximum Gasteiger partial charge on any atom is 0.269 e. The summed E-state index contributed by atoms with van der Waals surface area (Å²) in [4.78, 5) is 10.2. The molecule has 2 rings (SSSR count). The van der Waals surface area contributed by atoms with Crippen LogP contribution >= 0.6 is 0 Å². The number of phenolic OH excluding ortho intramolecular Hbond substituents is 2. The fourth-order valence-corrected chi connectivity index (χ4v) is 2.15. The van der Waals surface area contributed by atoms with Gasteiger partial charge in [-0.15, -0.1) is 0 Å². The van der Waals surface area contributed by atoms with Gasteiger partial charge in [-0.3, -0.25) is 10.1 Å². The first-order valence-corrected chi connectivity index (χ1v) is 7.53. The van der Waals surface area contributed by atoms with Gasteiger partial charge in [-0.05, 0) is 35.2 Å². The van der Waals surface area contributed by atoms with Crippen molar-refractivity contribution in [1.29, 1.82) is 0 Å². The Bertz CT molecular complexity index is 790. The molecule has 0 fully saturated rings. The molecule has 0 saturated carbocycles. The van der Waals surface area contributed by atoms with Gasteiger partial charge in [0.05, 0.1) is 4.92 Å². The van der Waals surface area contributed by atoms with E-state index >= 15 is 0 Å². The van der Waals surface area contributed by atoms with Crippen LogP contribution in [-0.4, -0.2) is 15.1 Å². The van der Waals surface area contributed by atoms with Crippen LogP contribution < -0.4 is 0 Å². The maximum absolute atomic E-state index is 10.7. The normalized spacial score (nSPS) is 11.6. The van der Waals surface area contributed by atoms with Crippen molar-refractivity contribution in [3.05, 3.63) is 69.3 Å². The van der Waals surface area contributed by atoms with Crippen molar-refractivity contribution < 1.29 is 15.1 Å². The van der Waals surface area contributed by atoms with Crippen molar-refractivity contribution in [3.8, 4) is 11.5 Å². The molecule has 0 aliphatic rings. The third kappa shape index (κ3) is 4.46. The van der Waals surface area contributed by atoms with Crippen LogP contribution in [0.2, 0.25) is 0 Å². The molecular formula is C19H19NO4. The topological polar surface area (TPSA) is 83.6 Å². The standard InChI is InChI=1S/C19H19NO4/c1-13(2)3-10-18-15(11-17(21)12-19(18)22)7-4-14-5-8-16(9-6-14)20(23)24/h3-13,21-22H,1-2H3. The van der Waals surface area contributed by atoms with E-state index in [-0.39, 0.29) is 17.2 Å². The molecule has 0 spiro atoms. The largest absolute Gasteiger partial charge is 0.508 e. The summed E-state index contributed by atoms with van der Waals surface area (Å²) in [6.07, 6.45) is 7.29. The van der Waals surface area contributed by atoms with Crippen LogP contribution in [0.4, 0.5) is 5.69 Å².